The fourth-order valence-electron chi connectivity index (χ4n) is 1.35. The highest BCUT2D eigenvalue weighted by molar-refractivity contribution is 5.74. The highest BCUT2D eigenvalue weighted by atomic mass is 16.5. The number of nitrogens with one attached hydrogen (secondary N) is 1. The second-order valence-electron chi connectivity index (χ2n) is 3.46. The Balaban J connectivity index is 4.12. The molecule has 0 saturated carbocycles. The molecule has 0 aromatic carbocycles. The van der Waals surface area contributed by atoms with Crippen molar-refractivity contribution in [1.82, 2.24) is 5.32 Å². The Bertz CT molecular complexity index is 214. The van der Waals surface area contributed by atoms with Gasteiger partial charge in [0.05, 0.1) is 26.1 Å². The molecule has 0 unspecified atom stereocenters. The number of hydrogen-bond acceptors (Lipinski definition) is 6. The molecule has 0 aliphatic rings. The normalized spacial score (nSPS) is 10.4. The molecule has 6 heteroatoms. The molecule has 17 heavy (non-hydrogen) atoms. The summed E-state index contributed by atoms with van der Waals surface area (Å²) in [5, 5.41) is 3.02. The summed E-state index contributed by atoms with van der Waals surface area (Å²) in [7, 11) is 0. The third-order valence-corrected chi connectivity index (χ3v) is 2.01. The first kappa shape index (κ1) is 15.9. The minimum Gasteiger partial charge on any atom is -0.466 e. The first-order valence-electron chi connectivity index (χ1n) is 5.88. The summed E-state index contributed by atoms with van der Waals surface area (Å²) in [6, 6.07) is -0.281. The van der Waals surface area contributed by atoms with Gasteiger partial charge in [-0.25, -0.2) is 0 Å². The summed E-state index contributed by atoms with van der Waals surface area (Å²) in [5.74, 6) is -0.655. The van der Waals surface area contributed by atoms with E-state index in [0.717, 1.165) is 0 Å². The second-order valence-corrected chi connectivity index (χ2v) is 3.46. The van der Waals surface area contributed by atoms with Crippen LogP contribution in [0, 0.1) is 0 Å². The summed E-state index contributed by atoms with van der Waals surface area (Å²) in [4.78, 5) is 22.6. The van der Waals surface area contributed by atoms with Gasteiger partial charge in [0.1, 0.15) is 0 Å². The van der Waals surface area contributed by atoms with E-state index in [4.69, 9.17) is 15.2 Å². The van der Waals surface area contributed by atoms with Crippen LogP contribution in [0.4, 0.5) is 0 Å². The molecule has 3 N–H and O–H groups in total. The molecule has 100 valence electrons. The predicted molar refractivity (Wildman–Crippen MR) is 63.3 cm³/mol. The van der Waals surface area contributed by atoms with Gasteiger partial charge in [0.15, 0.2) is 0 Å². The van der Waals surface area contributed by atoms with E-state index in [0.29, 0.717) is 26.3 Å². The largest absolute Gasteiger partial charge is 0.466 e. The molecule has 0 aromatic rings. The van der Waals surface area contributed by atoms with E-state index in [2.05, 4.69) is 5.32 Å². The molecule has 0 aromatic heterocycles. The summed E-state index contributed by atoms with van der Waals surface area (Å²) >= 11 is 0. The van der Waals surface area contributed by atoms with Gasteiger partial charge in [0, 0.05) is 19.1 Å². The lowest BCUT2D eigenvalue weighted by atomic mass is 10.1. The van der Waals surface area contributed by atoms with Crippen LogP contribution in [0.15, 0.2) is 0 Å². The second kappa shape index (κ2) is 10.0. The van der Waals surface area contributed by atoms with Crippen molar-refractivity contribution in [3.8, 4) is 0 Å². The molecule has 0 fully saturated rings. The zero-order valence-corrected chi connectivity index (χ0v) is 10.5. The number of hydrogen-bond donors (Lipinski definition) is 2. The van der Waals surface area contributed by atoms with Gasteiger partial charge in [-0.2, -0.15) is 0 Å². The van der Waals surface area contributed by atoms with E-state index < -0.39 is 0 Å². The standard InChI is InChI=1S/C11H22N2O4/c1-3-16-10(14)7-9(13-6-5-12)8-11(15)17-4-2/h9,13H,3-8,12H2,1-2H3. The van der Waals surface area contributed by atoms with Crippen LogP contribution in [-0.4, -0.2) is 44.3 Å². The highest BCUT2D eigenvalue weighted by Crippen LogP contribution is 2.02. The fourth-order valence-corrected chi connectivity index (χ4v) is 1.35. The number of carbonyl (C=O) groups is 2. The third-order valence-electron chi connectivity index (χ3n) is 2.01. The zero-order chi connectivity index (χ0) is 13.1. The number of carbonyl (C=O) groups excluding carboxylic acids is 2. The lowest BCUT2D eigenvalue weighted by Crippen LogP contribution is -2.37. The van der Waals surface area contributed by atoms with Crippen LogP contribution >= 0.6 is 0 Å². The fraction of sp³-hybridized carbons (Fsp3) is 0.818. The number of rotatable bonds is 9. The average Bonchev–Trinajstić information content (AvgIpc) is 2.26. The Labute approximate surface area is 102 Å². The molecule has 0 aliphatic carbocycles. The molecule has 0 spiro atoms. The maximum Gasteiger partial charge on any atom is 0.307 e. The van der Waals surface area contributed by atoms with Gasteiger partial charge in [-0.15, -0.1) is 0 Å². The molecule has 0 saturated heterocycles. The van der Waals surface area contributed by atoms with E-state index in [9.17, 15) is 9.59 Å². The van der Waals surface area contributed by atoms with Crippen molar-refractivity contribution < 1.29 is 19.1 Å². The number of esters is 2. The van der Waals surface area contributed by atoms with Crippen molar-refractivity contribution in [3.05, 3.63) is 0 Å². The Morgan fingerprint density at radius 2 is 1.59 bits per heavy atom. The van der Waals surface area contributed by atoms with Crippen molar-refractivity contribution >= 4 is 11.9 Å². The molecular weight excluding hydrogens is 224 g/mol. The van der Waals surface area contributed by atoms with E-state index >= 15 is 0 Å². The van der Waals surface area contributed by atoms with Crippen LogP contribution in [-0.2, 0) is 19.1 Å². The van der Waals surface area contributed by atoms with Crippen molar-refractivity contribution in [2.75, 3.05) is 26.3 Å². The lowest BCUT2D eigenvalue weighted by molar-refractivity contribution is -0.145. The quantitative estimate of drug-likeness (QED) is 0.548. The van der Waals surface area contributed by atoms with E-state index in [1.165, 1.54) is 0 Å². The number of ether oxygens (including phenoxy) is 2. The van der Waals surface area contributed by atoms with E-state index in [1.54, 1.807) is 13.8 Å². The maximum atomic E-state index is 11.3. The molecular formula is C11H22N2O4. The SMILES string of the molecule is CCOC(=O)CC(CC(=O)OCC)NCCN. The monoisotopic (exact) mass is 246 g/mol. The van der Waals surface area contributed by atoms with Crippen molar-refractivity contribution in [2.45, 2.75) is 32.7 Å². The Kier molecular flexibility index (Phi) is 9.37. The minimum absolute atomic E-state index is 0.145. The topological polar surface area (TPSA) is 90.7 Å². The van der Waals surface area contributed by atoms with Crippen LogP contribution in [0.3, 0.4) is 0 Å². The summed E-state index contributed by atoms with van der Waals surface area (Å²) in [6.45, 7) is 5.15. The number of nitrogens with two attached hydrogens (primary N) is 1. The van der Waals surface area contributed by atoms with E-state index in [1.807, 2.05) is 0 Å². The van der Waals surface area contributed by atoms with Gasteiger partial charge in [0.25, 0.3) is 0 Å². The van der Waals surface area contributed by atoms with Gasteiger partial charge in [-0.3, -0.25) is 9.59 Å². The molecule has 0 heterocycles. The van der Waals surface area contributed by atoms with E-state index in [-0.39, 0.29) is 30.8 Å². The van der Waals surface area contributed by atoms with Crippen LogP contribution in [0.25, 0.3) is 0 Å². The van der Waals surface area contributed by atoms with Crippen LogP contribution in [0.2, 0.25) is 0 Å². The highest BCUT2D eigenvalue weighted by Gasteiger charge is 2.18. The first-order chi connectivity index (χ1) is 8.13. The Hall–Kier alpha value is -1.14. The van der Waals surface area contributed by atoms with Crippen LogP contribution < -0.4 is 11.1 Å². The van der Waals surface area contributed by atoms with Crippen LogP contribution in [0.1, 0.15) is 26.7 Å². The zero-order valence-electron chi connectivity index (χ0n) is 10.5. The van der Waals surface area contributed by atoms with Crippen molar-refractivity contribution in [1.29, 1.82) is 0 Å². The maximum absolute atomic E-state index is 11.3. The molecule has 0 atom stereocenters. The molecule has 0 bridgehead atoms. The van der Waals surface area contributed by atoms with Crippen LogP contribution in [0.5, 0.6) is 0 Å². The summed E-state index contributed by atoms with van der Waals surface area (Å²) < 4.78 is 9.66. The van der Waals surface area contributed by atoms with Gasteiger partial charge in [-0.1, -0.05) is 0 Å². The molecule has 0 amide bonds. The average molecular weight is 246 g/mol. The Morgan fingerprint density at radius 3 is 1.94 bits per heavy atom. The summed E-state index contributed by atoms with van der Waals surface area (Å²) in [5.41, 5.74) is 5.36. The molecule has 6 nitrogen and oxygen atoms in total. The van der Waals surface area contributed by atoms with Gasteiger partial charge >= 0.3 is 11.9 Å². The smallest absolute Gasteiger partial charge is 0.307 e. The van der Waals surface area contributed by atoms with Gasteiger partial charge in [-0.05, 0) is 13.8 Å². The first-order valence-corrected chi connectivity index (χ1v) is 5.88. The van der Waals surface area contributed by atoms with Gasteiger partial charge < -0.3 is 20.5 Å². The predicted octanol–water partition coefficient (Wildman–Crippen LogP) is -0.190. The Morgan fingerprint density at radius 1 is 1.12 bits per heavy atom. The third kappa shape index (κ3) is 8.65. The molecule has 0 radical (unpaired) electrons. The lowest BCUT2D eigenvalue weighted by Gasteiger charge is -2.16. The van der Waals surface area contributed by atoms with Gasteiger partial charge in [0.2, 0.25) is 0 Å². The molecule has 0 rings (SSSR count). The molecule has 0 aliphatic heterocycles. The minimum atomic E-state index is -0.327. The summed E-state index contributed by atoms with van der Waals surface area (Å²) in [6.07, 6.45) is 0.291. The van der Waals surface area contributed by atoms with Crippen molar-refractivity contribution in [3.63, 3.8) is 0 Å². The van der Waals surface area contributed by atoms with Crippen molar-refractivity contribution in [2.24, 2.45) is 5.73 Å².